The maximum Gasteiger partial charge on any atom is 0.227 e. The number of hydrogen-bond donors (Lipinski definition) is 1. The molecule has 1 fully saturated rings. The first-order valence-electron chi connectivity index (χ1n) is 6.16. The molecule has 1 aliphatic rings. The van der Waals surface area contributed by atoms with E-state index in [-0.39, 0.29) is 0 Å². The summed E-state index contributed by atoms with van der Waals surface area (Å²) in [5, 5.41) is 0. The predicted octanol–water partition coefficient (Wildman–Crippen LogP) is 2.22. The van der Waals surface area contributed by atoms with Crippen LogP contribution in [0, 0.1) is 0 Å². The van der Waals surface area contributed by atoms with Gasteiger partial charge in [0.2, 0.25) is 5.95 Å². The monoisotopic (exact) mass is 220 g/mol. The highest BCUT2D eigenvalue weighted by atomic mass is 15.3. The minimum absolute atomic E-state index is 0.559. The van der Waals surface area contributed by atoms with E-state index in [2.05, 4.69) is 21.8 Å². The number of hydrogen-bond acceptors (Lipinski definition) is 4. The van der Waals surface area contributed by atoms with E-state index in [0.717, 1.165) is 18.9 Å². The van der Waals surface area contributed by atoms with Gasteiger partial charge in [-0.3, -0.25) is 0 Å². The van der Waals surface area contributed by atoms with E-state index in [1.54, 1.807) is 12.3 Å². The van der Waals surface area contributed by atoms with Crippen LogP contribution < -0.4 is 10.6 Å². The van der Waals surface area contributed by atoms with Gasteiger partial charge in [-0.15, -0.1) is 0 Å². The van der Waals surface area contributed by atoms with Crippen molar-refractivity contribution in [3.8, 4) is 0 Å². The first-order chi connectivity index (χ1) is 7.81. The molecule has 0 aromatic carbocycles. The average Bonchev–Trinajstić information content (AvgIpc) is 2.53. The molecule has 4 nitrogen and oxygen atoms in total. The Morgan fingerprint density at radius 2 is 2.31 bits per heavy atom. The lowest BCUT2D eigenvalue weighted by molar-refractivity contribution is 0.547. The molecule has 2 N–H and O–H groups in total. The van der Waals surface area contributed by atoms with Crippen LogP contribution in [0.5, 0.6) is 0 Å². The molecule has 0 spiro atoms. The maximum absolute atomic E-state index is 5.71. The van der Waals surface area contributed by atoms with E-state index in [1.165, 1.54) is 25.7 Å². The van der Waals surface area contributed by atoms with Crippen molar-refractivity contribution < 1.29 is 0 Å². The zero-order valence-electron chi connectivity index (χ0n) is 9.89. The predicted molar refractivity (Wildman–Crippen MR) is 66.3 cm³/mol. The van der Waals surface area contributed by atoms with E-state index in [9.17, 15) is 0 Å². The van der Waals surface area contributed by atoms with Gasteiger partial charge in [0, 0.05) is 18.8 Å². The van der Waals surface area contributed by atoms with Crippen LogP contribution in [0.4, 0.5) is 11.8 Å². The number of nitrogens with zero attached hydrogens (tertiary/aromatic N) is 3. The molecule has 1 aliphatic heterocycles. The van der Waals surface area contributed by atoms with Gasteiger partial charge in [-0.1, -0.05) is 19.8 Å². The van der Waals surface area contributed by atoms with Crippen molar-refractivity contribution in [3.63, 3.8) is 0 Å². The van der Waals surface area contributed by atoms with Gasteiger partial charge in [0.05, 0.1) is 0 Å². The van der Waals surface area contributed by atoms with Gasteiger partial charge >= 0.3 is 0 Å². The molecule has 0 aliphatic carbocycles. The summed E-state index contributed by atoms with van der Waals surface area (Å²) in [6.45, 7) is 3.29. The molecule has 1 aromatic rings. The number of nitrogens with two attached hydrogens (primary N) is 1. The van der Waals surface area contributed by atoms with Crippen LogP contribution in [0.2, 0.25) is 0 Å². The van der Waals surface area contributed by atoms with Crippen LogP contribution in [0.25, 0.3) is 0 Å². The lowest BCUT2D eigenvalue weighted by Crippen LogP contribution is -2.35. The Hall–Kier alpha value is -1.32. The fourth-order valence-electron chi connectivity index (χ4n) is 2.37. The van der Waals surface area contributed by atoms with Gasteiger partial charge in [0.1, 0.15) is 5.82 Å². The summed E-state index contributed by atoms with van der Waals surface area (Å²) in [6, 6.07) is 2.31. The molecular weight excluding hydrogens is 200 g/mol. The highest BCUT2D eigenvalue weighted by molar-refractivity contribution is 5.38. The third kappa shape index (κ3) is 2.43. The highest BCUT2D eigenvalue weighted by Crippen LogP contribution is 2.23. The second-order valence-corrected chi connectivity index (χ2v) is 4.39. The Bertz CT molecular complexity index is 340. The number of nitrogen functional groups attached to an aromatic ring is 1. The Labute approximate surface area is 96.9 Å². The van der Waals surface area contributed by atoms with E-state index in [1.807, 2.05) is 0 Å². The molecule has 0 saturated carbocycles. The van der Waals surface area contributed by atoms with Crippen molar-refractivity contribution in [3.05, 3.63) is 12.3 Å². The summed E-state index contributed by atoms with van der Waals surface area (Å²) in [5.74, 6) is 1.36. The van der Waals surface area contributed by atoms with E-state index >= 15 is 0 Å². The molecule has 1 aromatic heterocycles. The van der Waals surface area contributed by atoms with Gasteiger partial charge in [-0.05, 0) is 25.3 Å². The lowest BCUT2D eigenvalue weighted by Gasteiger charge is -2.29. The topological polar surface area (TPSA) is 55.0 Å². The SMILES string of the molecule is CCC1CCCCCN1c1nccc(N)n1. The summed E-state index contributed by atoms with van der Waals surface area (Å²) in [5.41, 5.74) is 5.71. The van der Waals surface area contributed by atoms with Crippen molar-refractivity contribution in [2.24, 2.45) is 0 Å². The van der Waals surface area contributed by atoms with Crippen LogP contribution in [0.3, 0.4) is 0 Å². The Balaban J connectivity index is 2.21. The molecule has 4 heteroatoms. The second-order valence-electron chi connectivity index (χ2n) is 4.39. The van der Waals surface area contributed by atoms with Crippen LogP contribution in [0.1, 0.15) is 39.0 Å². The molecule has 2 heterocycles. The molecule has 16 heavy (non-hydrogen) atoms. The van der Waals surface area contributed by atoms with Crippen LogP contribution in [-0.2, 0) is 0 Å². The average molecular weight is 220 g/mol. The van der Waals surface area contributed by atoms with E-state index in [0.29, 0.717) is 11.9 Å². The summed E-state index contributed by atoms with van der Waals surface area (Å²) >= 11 is 0. The quantitative estimate of drug-likeness (QED) is 0.830. The first kappa shape index (κ1) is 11.2. The molecule has 1 atom stereocenters. The minimum atomic E-state index is 0.559. The molecule has 1 unspecified atom stereocenters. The normalized spacial score (nSPS) is 21.8. The van der Waals surface area contributed by atoms with Gasteiger partial charge in [-0.25, -0.2) is 4.98 Å². The molecule has 0 amide bonds. The van der Waals surface area contributed by atoms with Crippen molar-refractivity contribution in [1.29, 1.82) is 0 Å². The summed E-state index contributed by atoms with van der Waals surface area (Å²) in [4.78, 5) is 11.0. The van der Waals surface area contributed by atoms with Crippen molar-refractivity contribution in [2.75, 3.05) is 17.2 Å². The fourth-order valence-corrected chi connectivity index (χ4v) is 2.37. The zero-order valence-corrected chi connectivity index (χ0v) is 9.89. The molecule has 2 rings (SSSR count). The summed E-state index contributed by atoms with van der Waals surface area (Å²) in [7, 11) is 0. The second kappa shape index (κ2) is 5.14. The standard InChI is InChI=1S/C12H20N4/c1-2-10-6-4-3-5-9-16(10)12-14-8-7-11(13)15-12/h7-8,10H,2-6,9H2,1H3,(H2,13,14,15). The number of rotatable bonds is 2. The van der Waals surface area contributed by atoms with E-state index < -0.39 is 0 Å². The van der Waals surface area contributed by atoms with Crippen LogP contribution in [0.15, 0.2) is 12.3 Å². The van der Waals surface area contributed by atoms with Crippen molar-refractivity contribution in [2.45, 2.75) is 45.1 Å². The van der Waals surface area contributed by atoms with Gasteiger partial charge in [0.25, 0.3) is 0 Å². The van der Waals surface area contributed by atoms with Crippen molar-refractivity contribution >= 4 is 11.8 Å². The van der Waals surface area contributed by atoms with Gasteiger partial charge in [-0.2, -0.15) is 4.98 Å². The van der Waals surface area contributed by atoms with Gasteiger partial charge < -0.3 is 10.6 Å². The van der Waals surface area contributed by atoms with Crippen LogP contribution in [-0.4, -0.2) is 22.6 Å². The van der Waals surface area contributed by atoms with Crippen molar-refractivity contribution in [1.82, 2.24) is 9.97 Å². The Kier molecular flexibility index (Phi) is 3.59. The largest absolute Gasteiger partial charge is 0.384 e. The lowest BCUT2D eigenvalue weighted by atomic mass is 10.1. The fraction of sp³-hybridized carbons (Fsp3) is 0.667. The molecule has 88 valence electrons. The molecule has 0 bridgehead atoms. The summed E-state index contributed by atoms with van der Waals surface area (Å²) < 4.78 is 0. The molecular formula is C12H20N4. The molecule has 1 saturated heterocycles. The van der Waals surface area contributed by atoms with Crippen LogP contribution >= 0.6 is 0 Å². The summed E-state index contributed by atoms with van der Waals surface area (Å²) in [6.07, 6.45) is 8.00. The third-order valence-corrected chi connectivity index (χ3v) is 3.27. The molecule has 0 radical (unpaired) electrons. The maximum atomic E-state index is 5.71. The zero-order chi connectivity index (χ0) is 11.4. The first-order valence-corrected chi connectivity index (χ1v) is 6.16. The minimum Gasteiger partial charge on any atom is -0.384 e. The third-order valence-electron chi connectivity index (χ3n) is 3.27. The smallest absolute Gasteiger partial charge is 0.227 e. The Morgan fingerprint density at radius 1 is 1.44 bits per heavy atom. The highest BCUT2D eigenvalue weighted by Gasteiger charge is 2.21. The Morgan fingerprint density at radius 3 is 3.06 bits per heavy atom. The van der Waals surface area contributed by atoms with Gasteiger partial charge in [0.15, 0.2) is 0 Å². The number of aromatic nitrogens is 2. The number of anilines is 2. The van der Waals surface area contributed by atoms with E-state index in [4.69, 9.17) is 5.73 Å².